The third-order valence-electron chi connectivity index (χ3n) is 5.11. The molecule has 1 aliphatic heterocycles. The van der Waals surface area contributed by atoms with E-state index in [-0.39, 0.29) is 18.4 Å². The first-order chi connectivity index (χ1) is 15.0. The Labute approximate surface area is 190 Å². The molecule has 31 heavy (non-hydrogen) atoms. The van der Waals surface area contributed by atoms with Crippen LogP contribution in [-0.2, 0) is 16.0 Å². The minimum Gasteiger partial charge on any atom is -0.490 e. The van der Waals surface area contributed by atoms with Crippen molar-refractivity contribution >= 4 is 33.6 Å². The standard InChI is InChI=1S/C23H27BrN2O5/c1-4-30-20-12-15-10-11-26(23(28)25-17-8-6-16(24)7-9-17)19(14-22(27)29-3)18(15)13-21(20)31-5-2/h6-9,12-13,19H,4-5,10-11,14H2,1-3H3,(H,25,28)/t19-/m1/s1. The van der Waals surface area contributed by atoms with E-state index in [1.165, 1.54) is 7.11 Å². The van der Waals surface area contributed by atoms with Gasteiger partial charge in [-0.3, -0.25) is 4.79 Å². The Balaban J connectivity index is 1.94. The number of carbonyl (C=O) groups excluding carboxylic acids is 2. The number of methoxy groups -OCH3 is 1. The second-order valence-electron chi connectivity index (χ2n) is 7.04. The highest BCUT2D eigenvalue weighted by atomic mass is 79.9. The average Bonchev–Trinajstić information content (AvgIpc) is 2.76. The molecule has 2 aromatic rings. The van der Waals surface area contributed by atoms with Gasteiger partial charge in [0, 0.05) is 16.7 Å². The maximum atomic E-state index is 13.1. The van der Waals surface area contributed by atoms with Crippen molar-refractivity contribution in [2.45, 2.75) is 32.7 Å². The molecule has 0 saturated heterocycles. The van der Waals surface area contributed by atoms with Crippen molar-refractivity contribution in [1.82, 2.24) is 4.90 Å². The SMILES string of the molecule is CCOc1cc2c(cc1OCC)[C@@H](CC(=O)OC)N(C(=O)Nc1ccc(Br)cc1)CC2. The molecule has 2 amide bonds. The zero-order chi connectivity index (χ0) is 22.4. The number of fused-ring (bicyclic) bond motifs is 1. The molecule has 0 radical (unpaired) electrons. The van der Waals surface area contributed by atoms with Gasteiger partial charge in [0.1, 0.15) is 0 Å². The van der Waals surface area contributed by atoms with Crippen molar-refractivity contribution in [3.05, 3.63) is 52.0 Å². The molecule has 0 spiro atoms. The van der Waals surface area contributed by atoms with Gasteiger partial charge in [-0.2, -0.15) is 0 Å². The fourth-order valence-corrected chi connectivity index (χ4v) is 3.94. The molecular formula is C23H27BrN2O5. The molecule has 0 aromatic heterocycles. The van der Waals surface area contributed by atoms with Crippen molar-refractivity contribution in [1.29, 1.82) is 0 Å². The number of halogens is 1. The zero-order valence-corrected chi connectivity index (χ0v) is 19.5. The van der Waals surface area contributed by atoms with Gasteiger partial charge in [0.2, 0.25) is 0 Å². The lowest BCUT2D eigenvalue weighted by Gasteiger charge is -2.37. The molecule has 0 saturated carbocycles. The van der Waals surface area contributed by atoms with Crippen LogP contribution in [0.5, 0.6) is 11.5 Å². The summed E-state index contributed by atoms with van der Waals surface area (Å²) in [6.07, 6.45) is 0.698. The summed E-state index contributed by atoms with van der Waals surface area (Å²) < 4.78 is 17.4. The highest BCUT2D eigenvalue weighted by Gasteiger charge is 2.34. The molecule has 1 aliphatic rings. The highest BCUT2D eigenvalue weighted by Crippen LogP contribution is 2.40. The van der Waals surface area contributed by atoms with Crippen LogP contribution in [-0.4, -0.2) is 43.8 Å². The van der Waals surface area contributed by atoms with E-state index < -0.39 is 6.04 Å². The van der Waals surface area contributed by atoms with Crippen LogP contribution in [0.15, 0.2) is 40.9 Å². The Kier molecular flexibility index (Phi) is 7.79. The monoisotopic (exact) mass is 490 g/mol. The number of carbonyl (C=O) groups is 2. The zero-order valence-electron chi connectivity index (χ0n) is 17.9. The summed E-state index contributed by atoms with van der Waals surface area (Å²) in [6.45, 7) is 5.29. The summed E-state index contributed by atoms with van der Waals surface area (Å²) in [6, 6.07) is 10.4. The summed E-state index contributed by atoms with van der Waals surface area (Å²) in [5, 5.41) is 2.92. The lowest BCUT2D eigenvalue weighted by molar-refractivity contribution is -0.141. The second-order valence-corrected chi connectivity index (χ2v) is 7.96. The smallest absolute Gasteiger partial charge is 0.322 e. The number of nitrogens with one attached hydrogen (secondary N) is 1. The third-order valence-corrected chi connectivity index (χ3v) is 5.64. The van der Waals surface area contributed by atoms with Crippen molar-refractivity contribution in [3.63, 3.8) is 0 Å². The highest BCUT2D eigenvalue weighted by molar-refractivity contribution is 9.10. The summed E-state index contributed by atoms with van der Waals surface area (Å²) in [5.74, 6) is 0.895. The Morgan fingerprint density at radius 1 is 1.10 bits per heavy atom. The van der Waals surface area contributed by atoms with Gasteiger partial charge in [-0.25, -0.2) is 4.79 Å². The third kappa shape index (κ3) is 5.50. The number of hydrogen-bond donors (Lipinski definition) is 1. The number of anilines is 1. The van der Waals surface area contributed by atoms with E-state index in [0.717, 1.165) is 15.6 Å². The number of nitrogens with zero attached hydrogens (tertiary/aromatic N) is 1. The van der Waals surface area contributed by atoms with E-state index in [4.69, 9.17) is 14.2 Å². The topological polar surface area (TPSA) is 77.1 Å². The molecule has 8 heteroatoms. The van der Waals surface area contributed by atoms with Crippen molar-refractivity contribution < 1.29 is 23.8 Å². The molecule has 0 aliphatic carbocycles. The van der Waals surface area contributed by atoms with Crippen LogP contribution in [0.3, 0.4) is 0 Å². The lowest BCUT2D eigenvalue weighted by Crippen LogP contribution is -2.43. The van der Waals surface area contributed by atoms with Crippen molar-refractivity contribution in [2.24, 2.45) is 0 Å². The minimum absolute atomic E-state index is 0.0524. The number of esters is 1. The number of urea groups is 1. The Morgan fingerprint density at radius 3 is 2.35 bits per heavy atom. The van der Waals surface area contributed by atoms with E-state index in [9.17, 15) is 9.59 Å². The van der Waals surface area contributed by atoms with E-state index in [2.05, 4.69) is 21.2 Å². The summed E-state index contributed by atoms with van der Waals surface area (Å²) in [5.41, 5.74) is 2.58. The van der Waals surface area contributed by atoms with Crippen LogP contribution in [0.25, 0.3) is 0 Å². The van der Waals surface area contributed by atoms with Crippen LogP contribution in [0.1, 0.15) is 37.4 Å². The van der Waals surface area contributed by atoms with Crippen molar-refractivity contribution in [2.75, 3.05) is 32.2 Å². The molecule has 0 fully saturated rings. The molecule has 1 atom stereocenters. The number of amides is 2. The molecular weight excluding hydrogens is 464 g/mol. The summed E-state index contributed by atoms with van der Waals surface area (Å²) >= 11 is 3.39. The Bertz CT molecular complexity index is 932. The van der Waals surface area contributed by atoms with Gasteiger partial charge in [0.15, 0.2) is 11.5 Å². The molecule has 166 valence electrons. The molecule has 7 nitrogen and oxygen atoms in total. The van der Waals surface area contributed by atoms with Gasteiger partial charge in [0.05, 0.1) is 32.8 Å². The van der Waals surface area contributed by atoms with Gasteiger partial charge in [-0.05, 0) is 67.8 Å². The van der Waals surface area contributed by atoms with E-state index in [1.54, 1.807) is 4.90 Å². The quantitative estimate of drug-likeness (QED) is 0.556. The van der Waals surface area contributed by atoms with E-state index in [1.807, 2.05) is 50.2 Å². The van der Waals surface area contributed by atoms with Crippen LogP contribution < -0.4 is 14.8 Å². The Hall–Kier alpha value is -2.74. The van der Waals surface area contributed by atoms with Crippen LogP contribution in [0.4, 0.5) is 10.5 Å². The molecule has 1 heterocycles. The molecule has 0 unspecified atom stereocenters. The van der Waals surface area contributed by atoms with Gasteiger partial charge in [-0.1, -0.05) is 15.9 Å². The summed E-state index contributed by atoms with van der Waals surface area (Å²) in [7, 11) is 1.35. The molecule has 3 rings (SSSR count). The summed E-state index contributed by atoms with van der Waals surface area (Å²) in [4.78, 5) is 27.0. The van der Waals surface area contributed by atoms with Crippen LogP contribution in [0.2, 0.25) is 0 Å². The van der Waals surface area contributed by atoms with Gasteiger partial charge in [-0.15, -0.1) is 0 Å². The maximum Gasteiger partial charge on any atom is 0.322 e. The number of benzene rings is 2. The Morgan fingerprint density at radius 2 is 1.74 bits per heavy atom. The van der Waals surface area contributed by atoms with Crippen LogP contribution in [0, 0.1) is 0 Å². The lowest BCUT2D eigenvalue weighted by atomic mass is 9.90. The van der Waals surface area contributed by atoms with E-state index in [0.29, 0.717) is 43.4 Å². The second kappa shape index (κ2) is 10.5. The first kappa shape index (κ1) is 22.9. The fraction of sp³-hybridized carbons (Fsp3) is 0.391. The minimum atomic E-state index is -0.471. The normalized spacial score (nSPS) is 15.1. The van der Waals surface area contributed by atoms with E-state index >= 15 is 0 Å². The van der Waals surface area contributed by atoms with Gasteiger partial charge >= 0.3 is 12.0 Å². The first-order valence-electron chi connectivity index (χ1n) is 10.3. The van der Waals surface area contributed by atoms with Crippen LogP contribution >= 0.6 is 15.9 Å². The van der Waals surface area contributed by atoms with Crippen molar-refractivity contribution in [3.8, 4) is 11.5 Å². The molecule has 2 aromatic carbocycles. The van der Waals surface area contributed by atoms with Gasteiger partial charge < -0.3 is 24.4 Å². The first-order valence-corrected chi connectivity index (χ1v) is 11.1. The number of ether oxygens (including phenoxy) is 3. The number of hydrogen-bond acceptors (Lipinski definition) is 5. The predicted octanol–water partition coefficient (Wildman–Crippen LogP) is 4.94. The fourth-order valence-electron chi connectivity index (χ4n) is 3.68. The van der Waals surface area contributed by atoms with Gasteiger partial charge in [0.25, 0.3) is 0 Å². The maximum absolute atomic E-state index is 13.1. The predicted molar refractivity (Wildman–Crippen MR) is 122 cm³/mol. The largest absolute Gasteiger partial charge is 0.490 e. The number of rotatable bonds is 7. The average molecular weight is 491 g/mol. The molecule has 1 N–H and O–H groups in total. The molecule has 0 bridgehead atoms.